The Morgan fingerprint density at radius 3 is 2.00 bits per heavy atom. The molecule has 0 aromatic heterocycles. The van der Waals surface area contributed by atoms with Gasteiger partial charge in [-0.05, 0) is 6.92 Å². The van der Waals surface area contributed by atoms with E-state index in [-0.39, 0.29) is 13.2 Å². The van der Waals surface area contributed by atoms with Gasteiger partial charge in [-0.1, -0.05) is 7.43 Å². The maximum Gasteiger partial charge on any atom is 0.139 e. The third-order valence-electron chi connectivity index (χ3n) is 0.223. The SMILES string of the molecule is C.CC(=O)CS. The zero-order chi connectivity index (χ0) is 4.28. The highest BCUT2D eigenvalue weighted by Gasteiger charge is 1.77. The molecule has 0 aliphatic heterocycles. The minimum absolute atomic E-state index is 0. The zero-order valence-corrected chi connectivity index (χ0v) is 3.96. The van der Waals surface area contributed by atoms with Gasteiger partial charge in [0.25, 0.3) is 0 Å². The van der Waals surface area contributed by atoms with E-state index in [4.69, 9.17) is 0 Å². The van der Waals surface area contributed by atoms with Crippen LogP contribution in [0.3, 0.4) is 0 Å². The Balaban J connectivity index is 0. The predicted octanol–water partition coefficient (Wildman–Crippen LogP) is 1.14. The van der Waals surface area contributed by atoms with Crippen LogP contribution < -0.4 is 0 Å². The standard InChI is InChI=1S/C3H6OS.CH4/c1-3(4)2-5;/h5H,2H2,1H3;1H4. The van der Waals surface area contributed by atoms with Gasteiger partial charge in [-0.3, -0.25) is 4.79 Å². The molecule has 0 atom stereocenters. The van der Waals surface area contributed by atoms with Gasteiger partial charge in [-0.15, -0.1) is 0 Å². The average Bonchev–Trinajstić information content (AvgIpc) is 1.38. The quantitative estimate of drug-likeness (QED) is 0.496. The first-order valence-corrected chi connectivity index (χ1v) is 2.01. The van der Waals surface area contributed by atoms with E-state index in [0.29, 0.717) is 5.75 Å². The van der Waals surface area contributed by atoms with Crippen molar-refractivity contribution in [2.75, 3.05) is 5.75 Å². The van der Waals surface area contributed by atoms with Gasteiger partial charge in [0.2, 0.25) is 0 Å². The van der Waals surface area contributed by atoms with Crippen LogP contribution in [0.5, 0.6) is 0 Å². The Morgan fingerprint density at radius 2 is 2.00 bits per heavy atom. The van der Waals surface area contributed by atoms with Crippen LogP contribution >= 0.6 is 12.6 Å². The van der Waals surface area contributed by atoms with E-state index >= 15 is 0 Å². The van der Waals surface area contributed by atoms with Gasteiger partial charge < -0.3 is 0 Å². The summed E-state index contributed by atoms with van der Waals surface area (Å²) in [5.41, 5.74) is 0. The highest BCUT2D eigenvalue weighted by atomic mass is 32.1. The number of rotatable bonds is 1. The number of carbonyl (C=O) groups is 1. The molecule has 0 fully saturated rings. The molecule has 2 heteroatoms. The first-order valence-electron chi connectivity index (χ1n) is 1.37. The predicted molar refractivity (Wildman–Crippen MR) is 31.3 cm³/mol. The molecule has 0 aliphatic rings. The van der Waals surface area contributed by atoms with Crippen LogP contribution in [0.25, 0.3) is 0 Å². The van der Waals surface area contributed by atoms with Crippen LogP contribution in [-0.2, 0) is 4.79 Å². The molecular formula is C4H10OS. The van der Waals surface area contributed by atoms with Gasteiger partial charge in [0, 0.05) is 5.75 Å². The second-order valence-electron chi connectivity index (χ2n) is 0.860. The number of hydrogen-bond donors (Lipinski definition) is 1. The van der Waals surface area contributed by atoms with E-state index in [0.717, 1.165) is 0 Å². The Labute approximate surface area is 44.2 Å². The largest absolute Gasteiger partial charge is 0.299 e. The van der Waals surface area contributed by atoms with E-state index in [9.17, 15) is 4.79 Å². The lowest BCUT2D eigenvalue weighted by Crippen LogP contribution is -1.86. The maximum absolute atomic E-state index is 9.74. The van der Waals surface area contributed by atoms with Crippen molar-refractivity contribution in [3.05, 3.63) is 0 Å². The summed E-state index contributed by atoms with van der Waals surface area (Å²) in [6.07, 6.45) is 0. The lowest BCUT2D eigenvalue weighted by molar-refractivity contribution is -0.114. The molecule has 0 saturated carbocycles. The fourth-order valence-electron chi connectivity index (χ4n) is 0. The number of Topliss-reactive ketones (excluding diaryl/α,β-unsaturated/α-hetero) is 1. The lowest BCUT2D eigenvalue weighted by atomic mass is 10.5. The summed E-state index contributed by atoms with van der Waals surface area (Å²) in [5.74, 6) is 0.480. The van der Waals surface area contributed by atoms with E-state index in [2.05, 4.69) is 12.6 Å². The topological polar surface area (TPSA) is 17.1 Å². The fraction of sp³-hybridized carbons (Fsp3) is 0.750. The van der Waals surface area contributed by atoms with E-state index in [1.54, 1.807) is 0 Å². The minimum atomic E-state index is 0. The summed E-state index contributed by atoms with van der Waals surface area (Å²) in [7, 11) is 0. The Morgan fingerprint density at radius 1 is 1.83 bits per heavy atom. The van der Waals surface area contributed by atoms with Crippen molar-refractivity contribution in [1.82, 2.24) is 0 Å². The van der Waals surface area contributed by atoms with Crippen LogP contribution in [0.1, 0.15) is 14.4 Å². The van der Waals surface area contributed by atoms with Crippen LogP contribution in [0.15, 0.2) is 0 Å². The molecule has 0 aromatic carbocycles. The summed E-state index contributed by atoms with van der Waals surface area (Å²) >= 11 is 3.67. The molecule has 0 rings (SSSR count). The molecule has 0 amide bonds. The lowest BCUT2D eigenvalue weighted by Gasteiger charge is -1.71. The zero-order valence-electron chi connectivity index (χ0n) is 3.06. The van der Waals surface area contributed by atoms with Crippen LogP contribution in [-0.4, -0.2) is 11.5 Å². The summed E-state index contributed by atoms with van der Waals surface area (Å²) in [6, 6.07) is 0. The number of thiol groups is 1. The average molecular weight is 106 g/mol. The van der Waals surface area contributed by atoms with Gasteiger partial charge in [-0.2, -0.15) is 12.6 Å². The fourth-order valence-corrected chi connectivity index (χ4v) is 0. The third-order valence-corrected chi connectivity index (χ3v) is 0.668. The number of carbonyl (C=O) groups excluding carboxylic acids is 1. The monoisotopic (exact) mass is 106 g/mol. The van der Waals surface area contributed by atoms with Crippen LogP contribution in [0.4, 0.5) is 0 Å². The smallest absolute Gasteiger partial charge is 0.139 e. The van der Waals surface area contributed by atoms with E-state index < -0.39 is 0 Å². The van der Waals surface area contributed by atoms with Crippen LogP contribution in [0, 0.1) is 0 Å². The maximum atomic E-state index is 9.74. The van der Waals surface area contributed by atoms with Gasteiger partial charge in [0.1, 0.15) is 5.78 Å². The molecule has 6 heavy (non-hydrogen) atoms. The normalized spacial score (nSPS) is 6.33. The Hall–Kier alpha value is 0.0200. The molecule has 0 bridgehead atoms. The molecule has 1 nitrogen and oxygen atoms in total. The number of ketones is 1. The summed E-state index contributed by atoms with van der Waals surface area (Å²) in [4.78, 5) is 9.74. The van der Waals surface area contributed by atoms with Crippen molar-refractivity contribution >= 4 is 18.4 Å². The van der Waals surface area contributed by atoms with E-state index in [1.165, 1.54) is 6.92 Å². The highest BCUT2D eigenvalue weighted by molar-refractivity contribution is 7.81. The molecule has 0 aromatic rings. The molecule has 0 heterocycles. The summed E-state index contributed by atoms with van der Waals surface area (Å²) in [6.45, 7) is 1.51. The first-order chi connectivity index (χ1) is 2.27. The Kier molecular flexibility index (Phi) is 7.85. The van der Waals surface area contributed by atoms with Crippen molar-refractivity contribution < 1.29 is 4.79 Å². The Bertz CT molecular complexity index is 42.8. The number of hydrogen-bond acceptors (Lipinski definition) is 2. The van der Waals surface area contributed by atoms with Crippen molar-refractivity contribution in [2.24, 2.45) is 0 Å². The van der Waals surface area contributed by atoms with Gasteiger partial charge in [-0.25, -0.2) is 0 Å². The molecule has 0 saturated heterocycles. The second kappa shape index (κ2) is 5.02. The van der Waals surface area contributed by atoms with Crippen molar-refractivity contribution in [3.8, 4) is 0 Å². The van der Waals surface area contributed by atoms with Gasteiger partial charge >= 0.3 is 0 Å². The van der Waals surface area contributed by atoms with Crippen molar-refractivity contribution in [2.45, 2.75) is 14.4 Å². The van der Waals surface area contributed by atoms with Crippen LogP contribution in [0.2, 0.25) is 0 Å². The molecule has 0 unspecified atom stereocenters. The van der Waals surface area contributed by atoms with E-state index in [1.807, 2.05) is 0 Å². The second-order valence-corrected chi connectivity index (χ2v) is 1.18. The highest BCUT2D eigenvalue weighted by Crippen LogP contribution is 1.70. The molecular weight excluding hydrogens is 96.1 g/mol. The van der Waals surface area contributed by atoms with Gasteiger partial charge in [0.15, 0.2) is 0 Å². The first kappa shape index (κ1) is 9.39. The molecule has 0 aliphatic carbocycles. The summed E-state index contributed by atoms with van der Waals surface area (Å²) < 4.78 is 0. The third kappa shape index (κ3) is 8.99. The van der Waals surface area contributed by atoms with Crippen molar-refractivity contribution in [1.29, 1.82) is 0 Å². The molecule has 38 valence electrons. The molecule has 0 N–H and O–H groups in total. The van der Waals surface area contributed by atoms with Crippen molar-refractivity contribution in [3.63, 3.8) is 0 Å². The van der Waals surface area contributed by atoms with Gasteiger partial charge in [0.05, 0.1) is 0 Å². The molecule has 0 radical (unpaired) electrons. The minimum Gasteiger partial charge on any atom is -0.299 e. The summed E-state index contributed by atoms with van der Waals surface area (Å²) in [5, 5.41) is 0. The molecule has 0 spiro atoms.